The molecule has 0 aliphatic carbocycles. The van der Waals surface area contributed by atoms with Gasteiger partial charge in [-0.15, -0.1) is 17.9 Å². The van der Waals surface area contributed by atoms with Gasteiger partial charge in [0.25, 0.3) is 0 Å². The van der Waals surface area contributed by atoms with Crippen LogP contribution in [0.4, 0.5) is 0 Å². The Morgan fingerprint density at radius 3 is 3.21 bits per heavy atom. The summed E-state index contributed by atoms with van der Waals surface area (Å²) in [5.74, 6) is 0.535. The van der Waals surface area contributed by atoms with Crippen LogP contribution in [0.2, 0.25) is 0 Å². The molecule has 14 heavy (non-hydrogen) atoms. The van der Waals surface area contributed by atoms with Crippen molar-refractivity contribution in [3.05, 3.63) is 29.2 Å². The number of aromatic nitrogens is 1. The molecule has 3 nitrogen and oxygen atoms in total. The Morgan fingerprint density at radius 1 is 1.79 bits per heavy atom. The molecule has 1 aliphatic heterocycles. The molecule has 0 saturated carbocycles. The Kier molecular flexibility index (Phi) is 2.63. The summed E-state index contributed by atoms with van der Waals surface area (Å²) in [6, 6.07) is 0. The quantitative estimate of drug-likeness (QED) is 0.708. The zero-order chi connectivity index (χ0) is 9.97. The standard InChI is InChI=1S/C10H12N2OS/c1-2-8-5-10(13)12(6-8)7-9-11-3-4-14-9/h2-4,8H,1,5-7H2. The van der Waals surface area contributed by atoms with Gasteiger partial charge in [0, 0.05) is 30.5 Å². The van der Waals surface area contributed by atoms with Crippen LogP contribution >= 0.6 is 11.3 Å². The van der Waals surface area contributed by atoms with Crippen molar-refractivity contribution in [1.82, 2.24) is 9.88 Å². The van der Waals surface area contributed by atoms with E-state index in [1.807, 2.05) is 16.4 Å². The molecule has 0 aromatic carbocycles. The molecule has 0 N–H and O–H groups in total. The molecule has 1 fully saturated rings. The SMILES string of the molecule is C=CC1CC(=O)N(Cc2nccs2)C1. The maximum absolute atomic E-state index is 11.5. The number of carbonyl (C=O) groups is 1. The van der Waals surface area contributed by atoms with Crippen molar-refractivity contribution < 1.29 is 4.79 Å². The van der Waals surface area contributed by atoms with Crippen LogP contribution in [0.25, 0.3) is 0 Å². The predicted octanol–water partition coefficient (Wildman–Crippen LogP) is 1.68. The van der Waals surface area contributed by atoms with Gasteiger partial charge in [-0.25, -0.2) is 4.98 Å². The lowest BCUT2D eigenvalue weighted by Gasteiger charge is -2.13. The third kappa shape index (κ3) is 1.85. The van der Waals surface area contributed by atoms with Crippen LogP contribution in [0.5, 0.6) is 0 Å². The van der Waals surface area contributed by atoms with Crippen molar-refractivity contribution in [3.8, 4) is 0 Å². The Hall–Kier alpha value is -1.16. The maximum atomic E-state index is 11.5. The van der Waals surface area contributed by atoms with Crippen molar-refractivity contribution in [2.45, 2.75) is 13.0 Å². The smallest absolute Gasteiger partial charge is 0.223 e. The second-order valence-corrected chi connectivity index (χ2v) is 4.38. The highest BCUT2D eigenvalue weighted by Crippen LogP contribution is 2.21. The van der Waals surface area contributed by atoms with Crippen LogP contribution in [-0.2, 0) is 11.3 Å². The zero-order valence-corrected chi connectivity index (χ0v) is 8.67. The number of nitrogens with zero attached hydrogens (tertiary/aromatic N) is 2. The van der Waals surface area contributed by atoms with Gasteiger partial charge in [-0.1, -0.05) is 6.08 Å². The van der Waals surface area contributed by atoms with Crippen LogP contribution in [0, 0.1) is 5.92 Å². The molecule has 1 saturated heterocycles. The minimum absolute atomic E-state index is 0.213. The van der Waals surface area contributed by atoms with Gasteiger partial charge in [0.2, 0.25) is 5.91 Å². The van der Waals surface area contributed by atoms with Crippen LogP contribution in [0.15, 0.2) is 24.2 Å². The third-order valence-corrected chi connectivity index (χ3v) is 3.15. The highest BCUT2D eigenvalue weighted by Gasteiger charge is 2.27. The summed E-state index contributed by atoms with van der Waals surface area (Å²) in [7, 11) is 0. The summed E-state index contributed by atoms with van der Waals surface area (Å²) in [6.07, 6.45) is 4.24. The molecule has 4 heteroatoms. The Bertz CT molecular complexity index is 334. The lowest BCUT2D eigenvalue weighted by molar-refractivity contribution is -0.128. The zero-order valence-electron chi connectivity index (χ0n) is 7.85. The van der Waals surface area contributed by atoms with Crippen LogP contribution in [-0.4, -0.2) is 22.3 Å². The summed E-state index contributed by atoms with van der Waals surface area (Å²) >= 11 is 1.59. The van der Waals surface area contributed by atoms with E-state index in [0.717, 1.165) is 11.6 Å². The summed E-state index contributed by atoms with van der Waals surface area (Å²) in [5.41, 5.74) is 0. The first-order valence-electron chi connectivity index (χ1n) is 4.58. The molecule has 1 amide bonds. The van der Waals surface area contributed by atoms with E-state index in [4.69, 9.17) is 0 Å². The molecule has 0 radical (unpaired) electrons. The van der Waals surface area contributed by atoms with Gasteiger partial charge < -0.3 is 4.90 Å². The number of carbonyl (C=O) groups excluding carboxylic acids is 1. The van der Waals surface area contributed by atoms with E-state index in [9.17, 15) is 4.79 Å². The monoisotopic (exact) mass is 208 g/mol. The molecule has 1 atom stereocenters. The van der Waals surface area contributed by atoms with Crippen molar-refractivity contribution in [1.29, 1.82) is 0 Å². The van der Waals surface area contributed by atoms with Crippen LogP contribution in [0.3, 0.4) is 0 Å². The summed E-state index contributed by atoms with van der Waals surface area (Å²) in [6.45, 7) is 5.16. The molecule has 2 heterocycles. The van der Waals surface area contributed by atoms with Gasteiger partial charge >= 0.3 is 0 Å². The maximum Gasteiger partial charge on any atom is 0.223 e. The lowest BCUT2D eigenvalue weighted by Crippen LogP contribution is -2.24. The summed E-state index contributed by atoms with van der Waals surface area (Å²) < 4.78 is 0. The average Bonchev–Trinajstić information content (AvgIpc) is 2.78. The fourth-order valence-corrected chi connectivity index (χ4v) is 2.24. The molecule has 1 unspecified atom stereocenters. The minimum Gasteiger partial charge on any atom is -0.335 e. The topological polar surface area (TPSA) is 33.2 Å². The average molecular weight is 208 g/mol. The van der Waals surface area contributed by atoms with Crippen molar-refractivity contribution in [3.63, 3.8) is 0 Å². The number of likely N-dealkylation sites (tertiary alicyclic amines) is 1. The normalized spacial score (nSPS) is 21.6. The largest absolute Gasteiger partial charge is 0.335 e. The van der Waals surface area contributed by atoms with Crippen LogP contribution in [0.1, 0.15) is 11.4 Å². The van der Waals surface area contributed by atoms with Crippen molar-refractivity contribution in [2.75, 3.05) is 6.54 Å². The predicted molar refractivity (Wildman–Crippen MR) is 55.8 cm³/mol. The highest BCUT2D eigenvalue weighted by atomic mass is 32.1. The third-order valence-electron chi connectivity index (χ3n) is 2.39. The number of hydrogen-bond acceptors (Lipinski definition) is 3. The molecule has 2 rings (SSSR count). The molecule has 1 aromatic rings. The van der Waals surface area contributed by atoms with E-state index >= 15 is 0 Å². The number of thiazole rings is 1. The Morgan fingerprint density at radius 2 is 2.64 bits per heavy atom. The van der Waals surface area contributed by atoms with Gasteiger partial charge in [-0.2, -0.15) is 0 Å². The highest BCUT2D eigenvalue weighted by molar-refractivity contribution is 7.09. The van der Waals surface area contributed by atoms with Gasteiger partial charge in [0.05, 0.1) is 6.54 Å². The van der Waals surface area contributed by atoms with Crippen molar-refractivity contribution in [2.24, 2.45) is 5.92 Å². The van der Waals surface area contributed by atoms with Gasteiger partial charge in [0.1, 0.15) is 5.01 Å². The van der Waals surface area contributed by atoms with E-state index < -0.39 is 0 Å². The first kappa shape index (κ1) is 9.40. The molecular weight excluding hydrogens is 196 g/mol. The van der Waals surface area contributed by atoms with E-state index in [1.165, 1.54) is 0 Å². The minimum atomic E-state index is 0.213. The molecule has 1 aliphatic rings. The number of amides is 1. The fourth-order valence-electron chi connectivity index (χ4n) is 1.61. The Labute approximate surface area is 87.1 Å². The second kappa shape index (κ2) is 3.92. The fraction of sp³-hybridized carbons (Fsp3) is 0.400. The van der Waals surface area contributed by atoms with E-state index in [2.05, 4.69) is 11.6 Å². The van der Waals surface area contributed by atoms with Gasteiger partial charge in [-0.3, -0.25) is 4.79 Å². The molecule has 74 valence electrons. The second-order valence-electron chi connectivity index (χ2n) is 3.40. The van der Waals surface area contributed by atoms with Crippen LogP contribution < -0.4 is 0 Å². The number of hydrogen-bond donors (Lipinski definition) is 0. The molecule has 1 aromatic heterocycles. The summed E-state index contributed by atoms with van der Waals surface area (Å²) in [5, 5.41) is 2.93. The molecule has 0 spiro atoms. The molecule has 0 bridgehead atoms. The van der Waals surface area contributed by atoms with Crippen molar-refractivity contribution >= 4 is 17.2 Å². The van der Waals surface area contributed by atoms with Gasteiger partial charge in [0.15, 0.2) is 0 Å². The van der Waals surface area contributed by atoms with E-state index in [-0.39, 0.29) is 5.91 Å². The van der Waals surface area contributed by atoms with E-state index in [1.54, 1.807) is 17.5 Å². The Balaban J connectivity index is 1.99. The van der Waals surface area contributed by atoms with E-state index in [0.29, 0.717) is 18.9 Å². The number of rotatable bonds is 3. The van der Waals surface area contributed by atoms with Gasteiger partial charge in [-0.05, 0) is 0 Å². The first-order chi connectivity index (χ1) is 6.79. The summed E-state index contributed by atoms with van der Waals surface area (Å²) in [4.78, 5) is 17.5. The molecular formula is C10H12N2OS. The lowest BCUT2D eigenvalue weighted by atomic mass is 10.1. The first-order valence-corrected chi connectivity index (χ1v) is 5.46.